The van der Waals surface area contributed by atoms with Gasteiger partial charge in [0.15, 0.2) is 11.5 Å². The van der Waals surface area contributed by atoms with Crippen LogP contribution in [-0.4, -0.2) is 33.9 Å². The molecule has 2 heterocycles. The average Bonchev–Trinajstić information content (AvgIpc) is 2.27. The van der Waals surface area contributed by atoms with Gasteiger partial charge in [0, 0.05) is 25.5 Å². The summed E-state index contributed by atoms with van der Waals surface area (Å²) in [5, 5.41) is 0. The molecule has 1 fully saturated rings. The second kappa shape index (κ2) is 4.69. The Bertz CT molecular complexity index is 411. The molecule has 17 heavy (non-hydrogen) atoms. The van der Waals surface area contributed by atoms with Gasteiger partial charge in [-0.15, -0.1) is 0 Å². The van der Waals surface area contributed by atoms with E-state index in [1.807, 2.05) is 4.90 Å². The highest BCUT2D eigenvalue weighted by Crippen LogP contribution is 2.22. The van der Waals surface area contributed by atoms with Crippen LogP contribution in [0.3, 0.4) is 0 Å². The Morgan fingerprint density at radius 2 is 1.88 bits per heavy atom. The molecule has 2 atom stereocenters. The maximum absolute atomic E-state index is 12.3. The lowest BCUT2D eigenvalue weighted by molar-refractivity contribution is 0.0618. The van der Waals surface area contributed by atoms with Crippen molar-refractivity contribution in [3.8, 4) is 0 Å². The fraction of sp³-hybridized carbons (Fsp3) is 0.583. The number of hydrogen-bond donors (Lipinski definition) is 1. The lowest BCUT2D eigenvalue weighted by atomic mass is 9.92. The molecule has 0 unspecified atom stereocenters. The quantitative estimate of drug-likeness (QED) is 0.792. The van der Waals surface area contributed by atoms with Gasteiger partial charge in [-0.2, -0.15) is 0 Å². The van der Waals surface area contributed by atoms with E-state index >= 15 is 0 Å². The summed E-state index contributed by atoms with van der Waals surface area (Å²) in [5.41, 5.74) is 5.95. The molecule has 1 aliphatic heterocycles. The predicted octanol–water partition coefficient (Wildman–Crippen LogP) is 1.18. The van der Waals surface area contributed by atoms with Gasteiger partial charge in [0.25, 0.3) is 5.91 Å². The molecular weight excluding hydrogens is 216 g/mol. The number of carbonyl (C=O) groups excluding carboxylic acids is 1. The molecule has 5 nitrogen and oxygen atoms in total. The van der Waals surface area contributed by atoms with E-state index in [4.69, 9.17) is 5.73 Å². The third-order valence-corrected chi connectivity index (χ3v) is 3.09. The van der Waals surface area contributed by atoms with E-state index in [9.17, 15) is 4.79 Å². The normalized spacial score (nSPS) is 24.7. The first-order valence-corrected chi connectivity index (χ1v) is 5.93. The third kappa shape index (κ3) is 2.54. The predicted molar refractivity (Wildman–Crippen MR) is 65.3 cm³/mol. The largest absolute Gasteiger partial charge is 0.382 e. The minimum atomic E-state index is -0.103. The highest BCUT2D eigenvalue weighted by atomic mass is 16.2. The molecule has 5 heteroatoms. The number of hydrogen-bond acceptors (Lipinski definition) is 4. The van der Waals surface area contributed by atoms with E-state index in [0.717, 1.165) is 13.1 Å². The van der Waals surface area contributed by atoms with Crippen LogP contribution < -0.4 is 5.73 Å². The molecule has 0 bridgehead atoms. The lowest BCUT2D eigenvalue weighted by Gasteiger charge is -2.34. The second-order valence-corrected chi connectivity index (χ2v) is 4.95. The van der Waals surface area contributed by atoms with Crippen molar-refractivity contribution in [2.45, 2.75) is 20.3 Å². The number of amides is 1. The molecule has 2 N–H and O–H groups in total. The Labute approximate surface area is 101 Å². The summed E-state index contributed by atoms with van der Waals surface area (Å²) in [5.74, 6) is 1.17. The van der Waals surface area contributed by atoms with Crippen LogP contribution in [0.2, 0.25) is 0 Å². The minimum absolute atomic E-state index is 0.103. The molecule has 1 aliphatic rings. The van der Waals surface area contributed by atoms with Crippen molar-refractivity contribution in [2.24, 2.45) is 11.8 Å². The van der Waals surface area contributed by atoms with Crippen LogP contribution in [0.25, 0.3) is 0 Å². The molecule has 0 saturated carbocycles. The smallest absolute Gasteiger partial charge is 0.276 e. The lowest BCUT2D eigenvalue weighted by Crippen LogP contribution is -2.43. The van der Waals surface area contributed by atoms with Crippen LogP contribution in [0, 0.1) is 11.8 Å². The molecule has 1 aromatic rings. The molecule has 0 radical (unpaired) electrons. The molecule has 1 saturated heterocycles. The van der Waals surface area contributed by atoms with Crippen molar-refractivity contribution in [1.29, 1.82) is 0 Å². The van der Waals surface area contributed by atoms with Gasteiger partial charge in [-0.1, -0.05) is 13.8 Å². The fourth-order valence-electron chi connectivity index (χ4n) is 2.49. The molecule has 0 spiro atoms. The first-order valence-electron chi connectivity index (χ1n) is 5.93. The monoisotopic (exact) mass is 234 g/mol. The fourth-order valence-corrected chi connectivity index (χ4v) is 2.49. The van der Waals surface area contributed by atoms with Crippen molar-refractivity contribution < 1.29 is 4.79 Å². The highest BCUT2D eigenvalue weighted by molar-refractivity contribution is 5.96. The second-order valence-electron chi connectivity index (χ2n) is 4.95. The van der Waals surface area contributed by atoms with Gasteiger partial charge >= 0.3 is 0 Å². The van der Waals surface area contributed by atoms with Crippen molar-refractivity contribution in [3.63, 3.8) is 0 Å². The first-order chi connectivity index (χ1) is 8.08. The summed E-state index contributed by atoms with van der Waals surface area (Å²) in [6.07, 6.45) is 4.16. The summed E-state index contributed by atoms with van der Waals surface area (Å²) >= 11 is 0. The van der Waals surface area contributed by atoms with Crippen molar-refractivity contribution in [2.75, 3.05) is 18.8 Å². The standard InChI is InChI=1S/C12H18N4O/c1-8-5-9(2)7-16(6-8)12(17)10-11(13)15-4-3-14-10/h3-4,8-9H,5-7H2,1-2H3,(H2,13,15)/t8-,9-/m1/s1. The summed E-state index contributed by atoms with van der Waals surface area (Å²) < 4.78 is 0. The molecule has 0 aliphatic carbocycles. The number of carbonyl (C=O) groups is 1. The van der Waals surface area contributed by atoms with Crippen molar-refractivity contribution >= 4 is 11.7 Å². The van der Waals surface area contributed by atoms with Gasteiger partial charge in [-0.25, -0.2) is 9.97 Å². The van der Waals surface area contributed by atoms with E-state index in [1.165, 1.54) is 18.8 Å². The molecule has 1 aromatic heterocycles. The van der Waals surface area contributed by atoms with Crippen LogP contribution >= 0.6 is 0 Å². The van der Waals surface area contributed by atoms with Gasteiger partial charge in [0.05, 0.1) is 0 Å². The molecule has 0 aromatic carbocycles. The summed E-state index contributed by atoms with van der Waals surface area (Å²) in [6.45, 7) is 5.88. The van der Waals surface area contributed by atoms with Crippen LogP contribution in [-0.2, 0) is 0 Å². The average molecular weight is 234 g/mol. The van der Waals surface area contributed by atoms with Gasteiger partial charge in [-0.3, -0.25) is 4.79 Å². The number of nitrogen functional groups attached to an aromatic ring is 1. The third-order valence-electron chi connectivity index (χ3n) is 3.09. The van der Waals surface area contributed by atoms with Gasteiger partial charge < -0.3 is 10.6 Å². The number of nitrogens with zero attached hydrogens (tertiary/aromatic N) is 3. The van der Waals surface area contributed by atoms with Gasteiger partial charge in [0.1, 0.15) is 0 Å². The zero-order valence-electron chi connectivity index (χ0n) is 10.3. The Balaban J connectivity index is 2.17. The van der Waals surface area contributed by atoms with E-state index in [1.54, 1.807) is 0 Å². The van der Waals surface area contributed by atoms with Gasteiger partial charge in [-0.05, 0) is 18.3 Å². The van der Waals surface area contributed by atoms with Crippen molar-refractivity contribution in [3.05, 3.63) is 18.1 Å². The number of piperidine rings is 1. The van der Waals surface area contributed by atoms with E-state index < -0.39 is 0 Å². The zero-order valence-corrected chi connectivity index (χ0v) is 10.3. The Hall–Kier alpha value is -1.65. The van der Waals surface area contributed by atoms with E-state index in [0.29, 0.717) is 11.8 Å². The van der Waals surface area contributed by atoms with Crippen LogP contribution in [0.1, 0.15) is 30.8 Å². The minimum Gasteiger partial charge on any atom is -0.382 e. The van der Waals surface area contributed by atoms with Crippen LogP contribution in [0.5, 0.6) is 0 Å². The highest BCUT2D eigenvalue weighted by Gasteiger charge is 2.27. The molecular formula is C12H18N4O. The topological polar surface area (TPSA) is 72.1 Å². The Morgan fingerprint density at radius 1 is 1.29 bits per heavy atom. The maximum Gasteiger partial charge on any atom is 0.276 e. The summed E-state index contributed by atoms with van der Waals surface area (Å²) in [7, 11) is 0. The Morgan fingerprint density at radius 3 is 2.47 bits per heavy atom. The number of nitrogens with two attached hydrogens (primary N) is 1. The number of rotatable bonds is 1. The summed E-state index contributed by atoms with van der Waals surface area (Å²) in [6, 6.07) is 0. The van der Waals surface area contributed by atoms with Crippen molar-refractivity contribution in [1.82, 2.24) is 14.9 Å². The SMILES string of the molecule is C[C@@H]1C[C@@H](C)CN(C(=O)c2nccnc2N)C1. The van der Waals surface area contributed by atoms with E-state index in [-0.39, 0.29) is 17.4 Å². The maximum atomic E-state index is 12.3. The molecule has 2 rings (SSSR count). The molecule has 92 valence electrons. The number of aromatic nitrogens is 2. The number of anilines is 1. The zero-order chi connectivity index (χ0) is 12.4. The number of likely N-dealkylation sites (tertiary alicyclic amines) is 1. The van der Waals surface area contributed by atoms with Crippen LogP contribution in [0.4, 0.5) is 5.82 Å². The van der Waals surface area contributed by atoms with Gasteiger partial charge in [0.2, 0.25) is 0 Å². The first kappa shape index (κ1) is 11.8. The molecule has 1 amide bonds. The summed E-state index contributed by atoms with van der Waals surface area (Å²) in [4.78, 5) is 22.0. The van der Waals surface area contributed by atoms with Crippen LogP contribution in [0.15, 0.2) is 12.4 Å². The van der Waals surface area contributed by atoms with E-state index in [2.05, 4.69) is 23.8 Å². The Kier molecular flexibility index (Phi) is 3.26.